The molecule has 4 rings (SSSR count). The van der Waals surface area contributed by atoms with E-state index in [2.05, 4.69) is 25.0 Å². The van der Waals surface area contributed by atoms with E-state index in [-0.39, 0.29) is 4.90 Å². The number of sulfonamides is 1. The Morgan fingerprint density at radius 2 is 1.61 bits per heavy atom. The molecule has 0 saturated carbocycles. The minimum absolute atomic E-state index is 0.208. The molecule has 0 saturated heterocycles. The predicted octanol–water partition coefficient (Wildman–Crippen LogP) is 4.70. The molecule has 2 aromatic carbocycles. The topological polar surface area (TPSA) is 96.9 Å². The van der Waals surface area contributed by atoms with Crippen molar-refractivity contribution in [3.63, 3.8) is 0 Å². The summed E-state index contributed by atoms with van der Waals surface area (Å²) < 4.78 is 28.0. The standard InChI is InChI=1S/C23H21N5O2S/c1-16-6-10-19(11-7-16)31(29,30)28-18-9-8-17(2)22(15-18)27-23-25-14-12-21(26-23)20-5-3-4-13-24-20/h3-15,28H,1-2H3,(H,25,26,27). The fraction of sp³-hybridized carbons (Fsp3) is 0.0870. The number of benzene rings is 2. The van der Waals surface area contributed by atoms with E-state index in [0.717, 1.165) is 16.8 Å². The van der Waals surface area contributed by atoms with E-state index < -0.39 is 10.0 Å². The molecular formula is C23H21N5O2S. The Morgan fingerprint density at radius 1 is 0.806 bits per heavy atom. The molecule has 7 nitrogen and oxygen atoms in total. The molecule has 0 unspecified atom stereocenters. The van der Waals surface area contributed by atoms with Gasteiger partial charge < -0.3 is 5.32 Å². The highest BCUT2D eigenvalue weighted by atomic mass is 32.2. The Labute approximate surface area is 181 Å². The average molecular weight is 432 g/mol. The van der Waals surface area contributed by atoms with Crippen molar-refractivity contribution in [1.82, 2.24) is 15.0 Å². The van der Waals surface area contributed by atoms with Gasteiger partial charge in [-0.05, 0) is 61.9 Å². The Balaban J connectivity index is 1.58. The zero-order valence-corrected chi connectivity index (χ0v) is 17.9. The van der Waals surface area contributed by atoms with E-state index in [4.69, 9.17) is 0 Å². The van der Waals surface area contributed by atoms with E-state index in [1.807, 2.05) is 38.1 Å². The van der Waals surface area contributed by atoms with Crippen molar-refractivity contribution in [2.45, 2.75) is 18.7 Å². The van der Waals surface area contributed by atoms with Crippen LogP contribution in [0.15, 0.2) is 84.0 Å². The van der Waals surface area contributed by atoms with Gasteiger partial charge in [0.15, 0.2) is 0 Å². The lowest BCUT2D eigenvalue weighted by Crippen LogP contribution is -2.13. The van der Waals surface area contributed by atoms with E-state index in [1.165, 1.54) is 0 Å². The quantitative estimate of drug-likeness (QED) is 0.459. The number of anilines is 3. The second kappa shape index (κ2) is 8.53. The number of hydrogen-bond donors (Lipinski definition) is 2. The zero-order valence-electron chi connectivity index (χ0n) is 17.1. The first-order valence-corrected chi connectivity index (χ1v) is 11.1. The van der Waals surface area contributed by atoms with Crippen molar-refractivity contribution in [3.05, 3.63) is 90.3 Å². The Kier molecular flexibility index (Phi) is 5.64. The Bertz CT molecular complexity index is 1310. The maximum Gasteiger partial charge on any atom is 0.261 e. The first-order chi connectivity index (χ1) is 14.9. The fourth-order valence-corrected chi connectivity index (χ4v) is 4.00. The van der Waals surface area contributed by atoms with Crippen LogP contribution in [-0.2, 0) is 10.0 Å². The van der Waals surface area contributed by atoms with Crippen molar-refractivity contribution >= 4 is 27.3 Å². The molecule has 4 aromatic rings. The highest BCUT2D eigenvalue weighted by Gasteiger charge is 2.15. The molecule has 0 amide bonds. The van der Waals surface area contributed by atoms with E-state index in [0.29, 0.717) is 23.0 Å². The maximum atomic E-state index is 12.7. The SMILES string of the molecule is Cc1ccc(S(=O)(=O)Nc2ccc(C)c(Nc3nccc(-c4ccccn4)n3)c2)cc1. The first-order valence-electron chi connectivity index (χ1n) is 9.62. The summed E-state index contributed by atoms with van der Waals surface area (Å²) in [5, 5.41) is 3.17. The third-order valence-corrected chi connectivity index (χ3v) is 6.05. The van der Waals surface area contributed by atoms with Crippen LogP contribution in [-0.4, -0.2) is 23.4 Å². The van der Waals surface area contributed by atoms with Crippen LogP contribution in [0.2, 0.25) is 0 Å². The number of hydrogen-bond acceptors (Lipinski definition) is 6. The third kappa shape index (κ3) is 4.87. The maximum absolute atomic E-state index is 12.7. The van der Waals surface area contributed by atoms with Crippen LogP contribution in [0.4, 0.5) is 17.3 Å². The normalized spacial score (nSPS) is 11.2. The molecule has 0 bridgehead atoms. The van der Waals surface area contributed by atoms with Gasteiger partial charge in [0.05, 0.1) is 22.0 Å². The molecule has 0 aliphatic heterocycles. The highest BCUT2D eigenvalue weighted by molar-refractivity contribution is 7.92. The number of rotatable bonds is 6. The molecule has 2 aromatic heterocycles. The number of nitrogens with one attached hydrogen (secondary N) is 2. The van der Waals surface area contributed by atoms with Crippen LogP contribution in [0.5, 0.6) is 0 Å². The van der Waals surface area contributed by atoms with Crippen LogP contribution in [0, 0.1) is 13.8 Å². The molecule has 0 aliphatic rings. The summed E-state index contributed by atoms with van der Waals surface area (Å²) in [5.41, 5.74) is 4.48. The van der Waals surface area contributed by atoms with Gasteiger partial charge in [-0.3, -0.25) is 9.71 Å². The lowest BCUT2D eigenvalue weighted by Gasteiger charge is -2.13. The van der Waals surface area contributed by atoms with Gasteiger partial charge in [0, 0.05) is 18.1 Å². The molecule has 2 heterocycles. The highest BCUT2D eigenvalue weighted by Crippen LogP contribution is 2.25. The molecule has 156 valence electrons. The van der Waals surface area contributed by atoms with E-state index >= 15 is 0 Å². The van der Waals surface area contributed by atoms with E-state index in [1.54, 1.807) is 54.9 Å². The van der Waals surface area contributed by atoms with Crippen LogP contribution in [0.3, 0.4) is 0 Å². The summed E-state index contributed by atoms with van der Waals surface area (Å²) in [7, 11) is -3.69. The zero-order chi connectivity index (χ0) is 21.8. The third-order valence-electron chi connectivity index (χ3n) is 4.65. The summed E-state index contributed by atoms with van der Waals surface area (Å²) in [6.07, 6.45) is 3.36. The molecule has 0 aliphatic carbocycles. The monoisotopic (exact) mass is 431 g/mol. The molecule has 0 fully saturated rings. The van der Waals surface area contributed by atoms with Crippen molar-refractivity contribution < 1.29 is 8.42 Å². The molecular weight excluding hydrogens is 410 g/mol. The van der Waals surface area contributed by atoms with Gasteiger partial charge in [0.25, 0.3) is 10.0 Å². The molecule has 31 heavy (non-hydrogen) atoms. The van der Waals surface area contributed by atoms with Gasteiger partial charge in [0.1, 0.15) is 0 Å². The lowest BCUT2D eigenvalue weighted by molar-refractivity contribution is 0.601. The Hall–Kier alpha value is -3.78. The largest absolute Gasteiger partial charge is 0.324 e. The number of nitrogens with zero attached hydrogens (tertiary/aromatic N) is 3. The van der Waals surface area contributed by atoms with Crippen LogP contribution >= 0.6 is 0 Å². The lowest BCUT2D eigenvalue weighted by atomic mass is 10.2. The van der Waals surface area contributed by atoms with Gasteiger partial charge in [-0.15, -0.1) is 0 Å². The van der Waals surface area contributed by atoms with Gasteiger partial charge in [-0.2, -0.15) is 0 Å². The molecule has 2 N–H and O–H groups in total. The van der Waals surface area contributed by atoms with Crippen molar-refractivity contribution in [1.29, 1.82) is 0 Å². The van der Waals surface area contributed by atoms with Crippen LogP contribution in [0.1, 0.15) is 11.1 Å². The summed E-state index contributed by atoms with van der Waals surface area (Å²) in [5.74, 6) is 0.393. The van der Waals surface area contributed by atoms with Crippen LogP contribution < -0.4 is 10.0 Å². The number of aromatic nitrogens is 3. The summed E-state index contributed by atoms with van der Waals surface area (Å²) in [6.45, 7) is 3.83. The van der Waals surface area contributed by atoms with Gasteiger partial charge in [-0.1, -0.05) is 29.8 Å². The molecule has 8 heteroatoms. The van der Waals surface area contributed by atoms with E-state index in [9.17, 15) is 8.42 Å². The van der Waals surface area contributed by atoms with Gasteiger partial charge in [-0.25, -0.2) is 18.4 Å². The first kappa shape index (κ1) is 20.5. The fourth-order valence-electron chi connectivity index (χ4n) is 2.95. The number of pyridine rings is 1. The van der Waals surface area contributed by atoms with Crippen LogP contribution in [0.25, 0.3) is 11.4 Å². The minimum atomic E-state index is -3.69. The minimum Gasteiger partial charge on any atom is -0.324 e. The number of aryl methyl sites for hydroxylation is 2. The predicted molar refractivity (Wildman–Crippen MR) is 122 cm³/mol. The summed E-state index contributed by atoms with van der Waals surface area (Å²) in [6, 6.07) is 19.4. The van der Waals surface area contributed by atoms with Crippen molar-refractivity contribution in [3.8, 4) is 11.4 Å². The molecule has 0 atom stereocenters. The Morgan fingerprint density at radius 3 is 2.35 bits per heavy atom. The molecule has 0 spiro atoms. The second-order valence-corrected chi connectivity index (χ2v) is 8.74. The second-order valence-electron chi connectivity index (χ2n) is 7.05. The smallest absolute Gasteiger partial charge is 0.261 e. The van der Waals surface area contributed by atoms with Crippen molar-refractivity contribution in [2.24, 2.45) is 0 Å². The van der Waals surface area contributed by atoms with Gasteiger partial charge >= 0.3 is 0 Å². The summed E-state index contributed by atoms with van der Waals surface area (Å²) in [4.78, 5) is 13.3. The summed E-state index contributed by atoms with van der Waals surface area (Å²) >= 11 is 0. The van der Waals surface area contributed by atoms with Crippen molar-refractivity contribution in [2.75, 3.05) is 10.0 Å². The molecule has 0 radical (unpaired) electrons. The average Bonchev–Trinajstić information content (AvgIpc) is 2.77. The van der Waals surface area contributed by atoms with Gasteiger partial charge in [0.2, 0.25) is 5.95 Å².